The first-order valence-electron chi connectivity index (χ1n) is 8.42. The molecule has 2 aromatic heterocycles. The van der Waals surface area contributed by atoms with Gasteiger partial charge in [0.1, 0.15) is 0 Å². The molecule has 8 heteroatoms. The number of ether oxygens (including phenoxy) is 1. The molecule has 0 aliphatic heterocycles. The van der Waals surface area contributed by atoms with E-state index in [0.29, 0.717) is 17.8 Å². The van der Waals surface area contributed by atoms with Crippen molar-refractivity contribution in [1.82, 2.24) is 14.3 Å². The number of fused-ring (bicyclic) bond motifs is 1. The molecule has 0 radical (unpaired) electrons. The number of amides is 1. The summed E-state index contributed by atoms with van der Waals surface area (Å²) in [6.07, 6.45) is 3.91. The SMILES string of the molecule is CCN(C(=O)O)[C@H](C)c1cccc(-c2cc(OC(F)F)c3nccn3c2)c1. The Balaban J connectivity index is 2.03. The molecule has 1 amide bonds. The summed E-state index contributed by atoms with van der Waals surface area (Å²) in [6.45, 7) is 0.978. The fraction of sp³-hybridized carbons (Fsp3) is 0.263. The molecule has 0 saturated carbocycles. The van der Waals surface area contributed by atoms with Gasteiger partial charge in [0.25, 0.3) is 0 Å². The number of carbonyl (C=O) groups is 1. The number of halogens is 2. The molecular formula is C19H19F2N3O3. The van der Waals surface area contributed by atoms with Gasteiger partial charge in [-0.25, -0.2) is 9.78 Å². The topological polar surface area (TPSA) is 67.1 Å². The van der Waals surface area contributed by atoms with Crippen molar-refractivity contribution in [3.05, 3.63) is 54.5 Å². The van der Waals surface area contributed by atoms with Gasteiger partial charge in [0.15, 0.2) is 11.4 Å². The second kappa shape index (κ2) is 7.61. The second-order valence-electron chi connectivity index (χ2n) is 6.00. The summed E-state index contributed by atoms with van der Waals surface area (Å²) in [5, 5.41) is 9.33. The minimum atomic E-state index is -2.96. The van der Waals surface area contributed by atoms with E-state index >= 15 is 0 Å². The largest absolute Gasteiger partial charge is 0.465 e. The average molecular weight is 375 g/mol. The normalized spacial score (nSPS) is 12.3. The third kappa shape index (κ3) is 3.84. The molecule has 0 bridgehead atoms. The van der Waals surface area contributed by atoms with E-state index in [0.717, 1.165) is 11.1 Å². The summed E-state index contributed by atoms with van der Waals surface area (Å²) in [4.78, 5) is 16.8. The third-order valence-electron chi connectivity index (χ3n) is 4.43. The smallest absolute Gasteiger partial charge is 0.407 e. The summed E-state index contributed by atoms with van der Waals surface area (Å²) in [5.41, 5.74) is 2.52. The number of hydrogen-bond acceptors (Lipinski definition) is 3. The lowest BCUT2D eigenvalue weighted by molar-refractivity contribution is -0.0491. The fourth-order valence-electron chi connectivity index (χ4n) is 3.07. The van der Waals surface area contributed by atoms with Crippen molar-refractivity contribution in [3.63, 3.8) is 0 Å². The molecule has 0 unspecified atom stereocenters. The van der Waals surface area contributed by atoms with Crippen LogP contribution in [0, 0.1) is 0 Å². The molecule has 0 aliphatic carbocycles. The van der Waals surface area contributed by atoms with Crippen LogP contribution in [-0.2, 0) is 0 Å². The number of carboxylic acid groups (broad SMARTS) is 1. The highest BCUT2D eigenvalue weighted by molar-refractivity contribution is 5.70. The lowest BCUT2D eigenvalue weighted by Gasteiger charge is -2.25. The van der Waals surface area contributed by atoms with Gasteiger partial charge in [0, 0.05) is 30.7 Å². The maximum absolute atomic E-state index is 12.7. The molecule has 6 nitrogen and oxygen atoms in total. The summed E-state index contributed by atoms with van der Waals surface area (Å²) >= 11 is 0. The predicted molar refractivity (Wildman–Crippen MR) is 96.1 cm³/mol. The molecule has 0 fully saturated rings. The Morgan fingerprint density at radius 2 is 2.11 bits per heavy atom. The van der Waals surface area contributed by atoms with Crippen LogP contribution < -0.4 is 4.74 Å². The van der Waals surface area contributed by atoms with E-state index in [1.165, 1.54) is 17.2 Å². The second-order valence-corrected chi connectivity index (χ2v) is 6.00. The van der Waals surface area contributed by atoms with Crippen molar-refractivity contribution in [3.8, 4) is 16.9 Å². The average Bonchev–Trinajstić information content (AvgIpc) is 3.10. The van der Waals surface area contributed by atoms with Gasteiger partial charge in [-0.15, -0.1) is 0 Å². The quantitative estimate of drug-likeness (QED) is 0.680. The van der Waals surface area contributed by atoms with Gasteiger partial charge in [-0.2, -0.15) is 8.78 Å². The first-order chi connectivity index (χ1) is 12.9. The maximum Gasteiger partial charge on any atom is 0.407 e. The summed E-state index contributed by atoms with van der Waals surface area (Å²) in [5.74, 6) is -0.0216. The number of hydrogen-bond donors (Lipinski definition) is 1. The zero-order valence-corrected chi connectivity index (χ0v) is 14.8. The zero-order valence-electron chi connectivity index (χ0n) is 14.8. The lowest BCUT2D eigenvalue weighted by Crippen LogP contribution is -2.31. The fourth-order valence-corrected chi connectivity index (χ4v) is 3.07. The van der Waals surface area contributed by atoms with Crippen LogP contribution in [0.3, 0.4) is 0 Å². The molecule has 3 rings (SSSR count). The molecule has 2 heterocycles. The highest BCUT2D eigenvalue weighted by Gasteiger charge is 2.19. The van der Waals surface area contributed by atoms with E-state index in [2.05, 4.69) is 9.72 Å². The van der Waals surface area contributed by atoms with E-state index in [4.69, 9.17) is 0 Å². The van der Waals surface area contributed by atoms with Crippen LogP contribution in [0.5, 0.6) is 5.75 Å². The van der Waals surface area contributed by atoms with Crippen LogP contribution in [0.15, 0.2) is 48.9 Å². The lowest BCUT2D eigenvalue weighted by atomic mass is 10.0. The van der Waals surface area contributed by atoms with Gasteiger partial charge in [-0.1, -0.05) is 18.2 Å². The van der Waals surface area contributed by atoms with Crippen LogP contribution in [0.1, 0.15) is 25.5 Å². The zero-order chi connectivity index (χ0) is 19.6. The Bertz CT molecular complexity index is 958. The number of alkyl halides is 2. The molecule has 0 saturated heterocycles. The Morgan fingerprint density at radius 3 is 2.78 bits per heavy atom. The molecule has 142 valence electrons. The van der Waals surface area contributed by atoms with Crippen LogP contribution in [0.25, 0.3) is 16.8 Å². The van der Waals surface area contributed by atoms with Gasteiger partial charge in [0.2, 0.25) is 0 Å². The van der Waals surface area contributed by atoms with E-state index < -0.39 is 12.7 Å². The molecule has 0 spiro atoms. The summed E-state index contributed by atoms with van der Waals surface area (Å²) < 4.78 is 31.7. The number of imidazole rings is 1. The van der Waals surface area contributed by atoms with Gasteiger partial charge in [0.05, 0.1) is 6.04 Å². The minimum absolute atomic E-state index is 0.0216. The highest BCUT2D eigenvalue weighted by Crippen LogP contribution is 2.31. The Hall–Kier alpha value is -3.16. The molecule has 1 atom stereocenters. The maximum atomic E-state index is 12.7. The van der Waals surface area contributed by atoms with Gasteiger partial charge in [-0.05, 0) is 37.1 Å². The van der Waals surface area contributed by atoms with Gasteiger partial charge < -0.3 is 19.1 Å². The molecule has 3 aromatic rings. The van der Waals surface area contributed by atoms with Crippen LogP contribution in [0.2, 0.25) is 0 Å². The first-order valence-corrected chi connectivity index (χ1v) is 8.42. The molecule has 27 heavy (non-hydrogen) atoms. The summed E-state index contributed by atoms with van der Waals surface area (Å²) in [7, 11) is 0. The van der Waals surface area contributed by atoms with Crippen molar-refractivity contribution < 1.29 is 23.4 Å². The van der Waals surface area contributed by atoms with Gasteiger partial charge >= 0.3 is 12.7 Å². The van der Waals surface area contributed by atoms with Crippen molar-refractivity contribution in [1.29, 1.82) is 0 Å². The van der Waals surface area contributed by atoms with E-state index in [1.54, 1.807) is 30.6 Å². The Kier molecular flexibility index (Phi) is 5.25. The number of pyridine rings is 1. The van der Waals surface area contributed by atoms with Crippen LogP contribution in [-0.4, -0.2) is 38.6 Å². The predicted octanol–water partition coefficient (Wildman–Crippen LogP) is 4.66. The highest BCUT2D eigenvalue weighted by atomic mass is 19.3. The number of benzene rings is 1. The van der Waals surface area contributed by atoms with Gasteiger partial charge in [-0.3, -0.25) is 0 Å². The van der Waals surface area contributed by atoms with Crippen molar-refractivity contribution in [2.45, 2.75) is 26.5 Å². The molecule has 0 aliphatic rings. The number of rotatable bonds is 6. The van der Waals surface area contributed by atoms with E-state index in [1.807, 2.05) is 24.3 Å². The Morgan fingerprint density at radius 1 is 1.33 bits per heavy atom. The molecular weight excluding hydrogens is 356 g/mol. The summed E-state index contributed by atoms with van der Waals surface area (Å²) in [6, 6.07) is 8.49. The minimum Gasteiger partial charge on any atom is -0.465 e. The van der Waals surface area contributed by atoms with Crippen LogP contribution >= 0.6 is 0 Å². The molecule has 1 N–H and O–H groups in total. The molecule has 1 aromatic carbocycles. The van der Waals surface area contributed by atoms with Crippen molar-refractivity contribution in [2.75, 3.05) is 6.54 Å². The Labute approximate surface area is 154 Å². The van der Waals surface area contributed by atoms with E-state index in [-0.39, 0.29) is 11.8 Å². The third-order valence-corrected chi connectivity index (χ3v) is 4.43. The standard InChI is InChI=1S/C19H19F2N3O3/c1-3-24(19(25)26)12(2)13-5-4-6-14(9-13)15-10-16(27-18(20)21)17-22-7-8-23(17)11-15/h4-12,18H,3H2,1-2H3,(H,25,26)/t12-/m1/s1. The van der Waals surface area contributed by atoms with Crippen LogP contribution in [0.4, 0.5) is 13.6 Å². The van der Waals surface area contributed by atoms with Crippen molar-refractivity contribution >= 4 is 11.7 Å². The first kappa shape index (κ1) is 18.6. The number of nitrogens with zero attached hydrogens (tertiary/aromatic N) is 3. The van der Waals surface area contributed by atoms with E-state index in [9.17, 15) is 18.7 Å². The number of aromatic nitrogens is 2. The monoisotopic (exact) mass is 375 g/mol. The van der Waals surface area contributed by atoms with Crippen molar-refractivity contribution in [2.24, 2.45) is 0 Å².